The molecule has 1 unspecified atom stereocenters. The van der Waals surface area contributed by atoms with Crippen LogP contribution in [0.5, 0.6) is 11.5 Å². The summed E-state index contributed by atoms with van der Waals surface area (Å²) in [5, 5.41) is 18.8. The van der Waals surface area contributed by atoms with E-state index in [-0.39, 0.29) is 17.5 Å². The molecule has 1 aliphatic heterocycles. The molecule has 21 heavy (non-hydrogen) atoms. The molecule has 1 aromatic carbocycles. The van der Waals surface area contributed by atoms with Crippen molar-refractivity contribution in [3.63, 3.8) is 0 Å². The van der Waals surface area contributed by atoms with E-state index in [2.05, 4.69) is 42.5 Å². The number of phenols is 2. The lowest BCUT2D eigenvalue weighted by atomic mass is 9.92. The third-order valence-corrected chi connectivity index (χ3v) is 3.72. The first kappa shape index (κ1) is 13.3. The van der Waals surface area contributed by atoms with E-state index in [1.165, 1.54) is 11.6 Å². The van der Waals surface area contributed by atoms with E-state index in [4.69, 9.17) is 0 Å². The Morgan fingerprint density at radius 1 is 1.05 bits per heavy atom. The molecule has 0 saturated carbocycles. The Morgan fingerprint density at radius 2 is 1.90 bits per heavy atom. The normalized spacial score (nSPS) is 20.4. The molecular weight excluding hydrogens is 262 g/mol. The fourth-order valence-electron chi connectivity index (χ4n) is 2.52. The van der Waals surface area contributed by atoms with Crippen molar-refractivity contribution in [3.8, 4) is 11.5 Å². The Balaban J connectivity index is 1.91. The van der Waals surface area contributed by atoms with Gasteiger partial charge in [-0.2, -0.15) is 0 Å². The molecular formula is C18H17NO2. The molecule has 0 saturated heterocycles. The minimum absolute atomic E-state index is 0.103. The van der Waals surface area contributed by atoms with Crippen molar-refractivity contribution < 1.29 is 10.2 Å². The van der Waals surface area contributed by atoms with Crippen LogP contribution in [-0.4, -0.2) is 28.2 Å². The molecule has 0 bridgehead atoms. The van der Waals surface area contributed by atoms with Crippen LogP contribution in [-0.2, 0) is 0 Å². The van der Waals surface area contributed by atoms with Gasteiger partial charge in [0.25, 0.3) is 0 Å². The summed E-state index contributed by atoms with van der Waals surface area (Å²) in [5.41, 5.74) is 3.24. The maximum atomic E-state index is 9.52. The van der Waals surface area contributed by atoms with Crippen molar-refractivity contribution in [2.45, 2.75) is 6.04 Å². The number of hydrogen-bond donors (Lipinski definition) is 2. The van der Waals surface area contributed by atoms with E-state index in [9.17, 15) is 10.2 Å². The summed E-state index contributed by atoms with van der Waals surface area (Å²) in [4.78, 5) is 2.17. The Kier molecular flexibility index (Phi) is 3.40. The molecule has 3 heteroatoms. The van der Waals surface area contributed by atoms with E-state index >= 15 is 0 Å². The van der Waals surface area contributed by atoms with E-state index in [1.54, 1.807) is 12.1 Å². The highest BCUT2D eigenvalue weighted by atomic mass is 16.3. The molecule has 106 valence electrons. The molecule has 2 N–H and O–H groups in total. The van der Waals surface area contributed by atoms with Crippen molar-refractivity contribution in [3.05, 3.63) is 77.6 Å². The predicted molar refractivity (Wildman–Crippen MR) is 84.8 cm³/mol. The molecule has 0 amide bonds. The Bertz CT molecular complexity index is 708. The summed E-state index contributed by atoms with van der Waals surface area (Å²) in [6.07, 6.45) is 16.5. The third-order valence-electron chi connectivity index (χ3n) is 3.72. The van der Waals surface area contributed by atoms with Crippen molar-refractivity contribution in [2.75, 3.05) is 7.05 Å². The van der Waals surface area contributed by atoms with Gasteiger partial charge in [0, 0.05) is 13.2 Å². The summed E-state index contributed by atoms with van der Waals surface area (Å²) in [7, 11) is 2.06. The van der Waals surface area contributed by atoms with E-state index in [1.807, 2.05) is 18.2 Å². The fourth-order valence-corrected chi connectivity index (χ4v) is 2.52. The number of nitrogens with zero attached hydrogens (tertiary/aromatic N) is 1. The van der Waals surface area contributed by atoms with E-state index < -0.39 is 0 Å². The number of aromatic hydroxyl groups is 2. The van der Waals surface area contributed by atoms with Crippen molar-refractivity contribution in [1.29, 1.82) is 0 Å². The van der Waals surface area contributed by atoms with Crippen LogP contribution in [0.1, 0.15) is 5.56 Å². The van der Waals surface area contributed by atoms with Gasteiger partial charge >= 0.3 is 0 Å². The number of likely N-dealkylation sites (N-methyl/N-ethyl adjacent to an activating group) is 1. The van der Waals surface area contributed by atoms with Gasteiger partial charge in [-0.3, -0.25) is 0 Å². The topological polar surface area (TPSA) is 43.7 Å². The summed E-state index contributed by atoms with van der Waals surface area (Å²) in [6.45, 7) is 0. The van der Waals surface area contributed by atoms with Crippen molar-refractivity contribution >= 4 is 6.08 Å². The highest BCUT2D eigenvalue weighted by Crippen LogP contribution is 2.28. The first-order valence-corrected chi connectivity index (χ1v) is 6.84. The van der Waals surface area contributed by atoms with Crippen molar-refractivity contribution in [1.82, 2.24) is 4.90 Å². The van der Waals surface area contributed by atoms with Crippen LogP contribution in [0, 0.1) is 0 Å². The summed E-state index contributed by atoms with van der Waals surface area (Å²) in [6, 6.07) is 5.07. The van der Waals surface area contributed by atoms with E-state index in [0.717, 1.165) is 11.1 Å². The largest absolute Gasteiger partial charge is 0.504 e. The monoisotopic (exact) mass is 279 g/mol. The first-order chi connectivity index (χ1) is 10.1. The molecule has 0 fully saturated rings. The van der Waals surface area contributed by atoms with Gasteiger partial charge in [-0.15, -0.1) is 0 Å². The lowest BCUT2D eigenvalue weighted by Gasteiger charge is -2.31. The van der Waals surface area contributed by atoms with Crippen LogP contribution in [0.4, 0.5) is 0 Å². The number of benzene rings is 1. The van der Waals surface area contributed by atoms with Gasteiger partial charge in [0.15, 0.2) is 11.5 Å². The second kappa shape index (κ2) is 5.37. The van der Waals surface area contributed by atoms with E-state index in [0.29, 0.717) is 0 Å². The maximum Gasteiger partial charge on any atom is 0.157 e. The van der Waals surface area contributed by atoms with Gasteiger partial charge in [0.1, 0.15) is 0 Å². The molecule has 0 radical (unpaired) electrons. The number of allylic oxidation sites excluding steroid dienone is 5. The van der Waals surface area contributed by atoms with Crippen LogP contribution < -0.4 is 0 Å². The van der Waals surface area contributed by atoms with Gasteiger partial charge in [-0.1, -0.05) is 42.5 Å². The molecule has 0 spiro atoms. The number of fused-ring (bicyclic) bond motifs is 1. The van der Waals surface area contributed by atoms with Gasteiger partial charge in [0.2, 0.25) is 0 Å². The van der Waals surface area contributed by atoms with Crippen molar-refractivity contribution in [2.24, 2.45) is 0 Å². The van der Waals surface area contributed by atoms with Crippen LogP contribution in [0.25, 0.3) is 6.08 Å². The molecule has 3 nitrogen and oxygen atoms in total. The maximum absolute atomic E-state index is 9.52. The zero-order valence-corrected chi connectivity index (χ0v) is 11.8. The number of hydrogen-bond acceptors (Lipinski definition) is 3. The molecule has 1 aromatic rings. The SMILES string of the molecule is CN1C=CC(/C=C/c2ccc(O)c(O)c2)=C2C=CC=CC21. The molecule has 1 heterocycles. The summed E-state index contributed by atoms with van der Waals surface area (Å²) in [5.74, 6) is -0.208. The molecule has 1 atom stereocenters. The Morgan fingerprint density at radius 3 is 2.71 bits per heavy atom. The zero-order chi connectivity index (χ0) is 14.8. The number of phenolic OH excluding ortho intramolecular Hbond substituents is 2. The highest BCUT2D eigenvalue weighted by molar-refractivity contribution is 5.61. The minimum Gasteiger partial charge on any atom is -0.504 e. The second-order valence-electron chi connectivity index (χ2n) is 5.16. The van der Waals surface area contributed by atoms with Crippen LogP contribution >= 0.6 is 0 Å². The summed E-state index contributed by atoms with van der Waals surface area (Å²) >= 11 is 0. The van der Waals surface area contributed by atoms with Crippen LogP contribution in [0.15, 0.2) is 72.0 Å². The first-order valence-electron chi connectivity index (χ1n) is 6.84. The molecule has 1 aliphatic carbocycles. The quantitative estimate of drug-likeness (QED) is 0.816. The minimum atomic E-state index is -0.105. The third kappa shape index (κ3) is 2.63. The molecule has 3 rings (SSSR count). The van der Waals surface area contributed by atoms with Gasteiger partial charge in [-0.05, 0) is 34.9 Å². The average Bonchev–Trinajstić information content (AvgIpc) is 2.50. The molecule has 0 aromatic heterocycles. The van der Waals surface area contributed by atoms with Gasteiger partial charge in [-0.25, -0.2) is 0 Å². The standard InChI is InChI=1S/C18H17NO2/c1-19-11-10-14(15-4-2-3-5-16(15)19)8-6-13-7-9-17(20)18(21)12-13/h2-12,16,20-21H,1H3/b8-6+. The zero-order valence-electron chi connectivity index (χ0n) is 11.8. The Labute approximate surface area is 124 Å². The van der Waals surface area contributed by atoms with Gasteiger partial charge < -0.3 is 15.1 Å². The number of rotatable bonds is 2. The van der Waals surface area contributed by atoms with Gasteiger partial charge in [0.05, 0.1) is 6.04 Å². The Hall–Kier alpha value is -2.68. The fraction of sp³-hybridized carbons (Fsp3) is 0.111. The lowest BCUT2D eigenvalue weighted by Crippen LogP contribution is -2.30. The van der Waals surface area contributed by atoms with Crippen LogP contribution in [0.2, 0.25) is 0 Å². The summed E-state index contributed by atoms with van der Waals surface area (Å²) < 4.78 is 0. The highest BCUT2D eigenvalue weighted by Gasteiger charge is 2.19. The average molecular weight is 279 g/mol. The van der Waals surface area contributed by atoms with Crippen LogP contribution in [0.3, 0.4) is 0 Å². The molecule has 2 aliphatic rings. The predicted octanol–water partition coefficient (Wildman–Crippen LogP) is 3.36. The second-order valence-corrected chi connectivity index (χ2v) is 5.16. The smallest absolute Gasteiger partial charge is 0.157 e. The lowest BCUT2D eigenvalue weighted by molar-refractivity contribution is 0.403.